The minimum absolute atomic E-state index is 0.0636. The zero-order valence-corrected chi connectivity index (χ0v) is 13.8. The third kappa shape index (κ3) is 4.15. The van der Waals surface area contributed by atoms with Gasteiger partial charge in [-0.05, 0) is 37.0 Å². The first-order chi connectivity index (χ1) is 12.0. The lowest BCUT2D eigenvalue weighted by Gasteiger charge is -2.31. The van der Waals surface area contributed by atoms with Crippen molar-refractivity contribution in [3.63, 3.8) is 0 Å². The number of hydrogen-bond acceptors (Lipinski definition) is 3. The van der Waals surface area contributed by atoms with E-state index in [0.29, 0.717) is 38.9 Å². The number of likely N-dealkylation sites (tertiary alicyclic amines) is 1. The quantitative estimate of drug-likeness (QED) is 0.842. The third-order valence-corrected chi connectivity index (χ3v) is 4.98. The fraction of sp³-hybridized carbons (Fsp3) is 0.500. The van der Waals surface area contributed by atoms with Crippen LogP contribution >= 0.6 is 0 Å². The highest BCUT2D eigenvalue weighted by Gasteiger charge is 2.50. The normalized spacial score (nSPS) is 23.2. The molecule has 2 amide bonds. The minimum Gasteiger partial charge on any atom is -0.481 e. The van der Waals surface area contributed by atoms with Crippen LogP contribution in [-0.2, 0) is 20.9 Å². The van der Waals surface area contributed by atoms with Crippen molar-refractivity contribution < 1.29 is 23.9 Å². The maximum Gasteiger partial charge on any atom is 0.307 e. The standard InChI is InChI=1S/C18H21FN2O4/c19-13-3-1-11(2-4-13)10-20-16(22)12-5-7-21(8-6-12)17(23)14-9-15(14)18(24)25/h1-4,12,14-15H,5-10H2,(H,20,22)(H,24,25). The van der Waals surface area contributed by atoms with Crippen LogP contribution in [0.4, 0.5) is 4.39 Å². The Morgan fingerprint density at radius 3 is 2.32 bits per heavy atom. The van der Waals surface area contributed by atoms with Gasteiger partial charge in [-0.2, -0.15) is 0 Å². The van der Waals surface area contributed by atoms with Crippen molar-refractivity contribution in [2.24, 2.45) is 17.8 Å². The van der Waals surface area contributed by atoms with E-state index in [1.807, 2.05) is 0 Å². The molecule has 6 nitrogen and oxygen atoms in total. The minimum atomic E-state index is -0.909. The Labute approximate surface area is 145 Å². The summed E-state index contributed by atoms with van der Waals surface area (Å²) in [6, 6.07) is 5.97. The van der Waals surface area contributed by atoms with E-state index in [2.05, 4.69) is 5.32 Å². The summed E-state index contributed by atoms with van der Waals surface area (Å²) in [5, 5.41) is 11.8. The molecule has 2 N–H and O–H groups in total. The zero-order valence-electron chi connectivity index (χ0n) is 13.8. The smallest absolute Gasteiger partial charge is 0.307 e. The highest BCUT2D eigenvalue weighted by molar-refractivity contribution is 5.89. The van der Waals surface area contributed by atoms with Crippen molar-refractivity contribution in [3.05, 3.63) is 35.6 Å². The second-order valence-corrected chi connectivity index (χ2v) is 6.73. The Kier molecular flexibility index (Phi) is 5.01. The molecule has 0 spiro atoms. The second-order valence-electron chi connectivity index (χ2n) is 6.73. The highest BCUT2D eigenvalue weighted by Crippen LogP contribution is 2.40. The molecule has 0 aromatic heterocycles. The van der Waals surface area contributed by atoms with Gasteiger partial charge in [0, 0.05) is 25.6 Å². The average Bonchev–Trinajstić information content (AvgIpc) is 3.41. The van der Waals surface area contributed by atoms with Gasteiger partial charge in [0.1, 0.15) is 5.82 Å². The first kappa shape index (κ1) is 17.4. The number of amides is 2. The Morgan fingerprint density at radius 2 is 1.76 bits per heavy atom. The predicted octanol–water partition coefficient (Wildman–Crippen LogP) is 1.40. The van der Waals surface area contributed by atoms with Gasteiger partial charge in [-0.3, -0.25) is 14.4 Å². The van der Waals surface area contributed by atoms with Crippen LogP contribution < -0.4 is 5.32 Å². The van der Waals surface area contributed by atoms with E-state index < -0.39 is 11.9 Å². The lowest BCUT2D eigenvalue weighted by atomic mass is 9.95. The summed E-state index contributed by atoms with van der Waals surface area (Å²) >= 11 is 0. The maximum atomic E-state index is 12.9. The average molecular weight is 348 g/mol. The summed E-state index contributed by atoms with van der Waals surface area (Å²) in [4.78, 5) is 37.0. The first-order valence-electron chi connectivity index (χ1n) is 8.49. The van der Waals surface area contributed by atoms with E-state index >= 15 is 0 Å². The molecular weight excluding hydrogens is 327 g/mol. The number of rotatable bonds is 5. The maximum absolute atomic E-state index is 12.9. The molecule has 1 aliphatic heterocycles. The number of aliphatic carboxylic acids is 1. The number of carbonyl (C=O) groups excluding carboxylic acids is 2. The van der Waals surface area contributed by atoms with E-state index in [0.717, 1.165) is 5.56 Å². The Balaban J connectivity index is 1.42. The van der Waals surface area contributed by atoms with Crippen molar-refractivity contribution in [2.75, 3.05) is 13.1 Å². The van der Waals surface area contributed by atoms with Crippen LogP contribution in [0.3, 0.4) is 0 Å². The second kappa shape index (κ2) is 7.21. The molecule has 1 saturated heterocycles. The highest BCUT2D eigenvalue weighted by atomic mass is 19.1. The van der Waals surface area contributed by atoms with Crippen molar-refractivity contribution >= 4 is 17.8 Å². The molecule has 3 rings (SSSR count). The topological polar surface area (TPSA) is 86.7 Å². The van der Waals surface area contributed by atoms with Gasteiger partial charge >= 0.3 is 5.97 Å². The zero-order chi connectivity index (χ0) is 18.0. The van der Waals surface area contributed by atoms with Crippen LogP contribution in [0.5, 0.6) is 0 Å². The molecule has 2 aliphatic rings. The Hall–Kier alpha value is -2.44. The molecule has 1 saturated carbocycles. The van der Waals surface area contributed by atoms with Crippen LogP contribution in [-0.4, -0.2) is 40.9 Å². The summed E-state index contributed by atoms with van der Waals surface area (Å²) in [6.45, 7) is 1.31. The van der Waals surface area contributed by atoms with E-state index in [4.69, 9.17) is 5.11 Å². The van der Waals surface area contributed by atoms with Gasteiger partial charge < -0.3 is 15.3 Å². The van der Waals surface area contributed by atoms with Gasteiger partial charge in [0.2, 0.25) is 11.8 Å². The number of benzene rings is 1. The Morgan fingerprint density at radius 1 is 1.12 bits per heavy atom. The van der Waals surface area contributed by atoms with E-state index in [-0.39, 0.29) is 29.5 Å². The van der Waals surface area contributed by atoms with E-state index in [1.165, 1.54) is 12.1 Å². The van der Waals surface area contributed by atoms with Crippen molar-refractivity contribution in [1.29, 1.82) is 0 Å². The molecule has 1 aromatic rings. The van der Waals surface area contributed by atoms with Crippen molar-refractivity contribution in [3.8, 4) is 0 Å². The van der Waals surface area contributed by atoms with Gasteiger partial charge in [0.05, 0.1) is 11.8 Å². The lowest BCUT2D eigenvalue weighted by molar-refractivity contribution is -0.142. The molecule has 2 unspecified atom stereocenters. The number of carboxylic acids is 1. The molecular formula is C18H21FN2O4. The third-order valence-electron chi connectivity index (χ3n) is 4.98. The summed E-state index contributed by atoms with van der Waals surface area (Å²) in [5.74, 6) is -2.46. The SMILES string of the molecule is O=C(NCc1ccc(F)cc1)C1CCN(C(=O)C2CC2C(=O)O)CC1. The molecule has 25 heavy (non-hydrogen) atoms. The number of halogens is 1. The number of nitrogens with one attached hydrogen (secondary N) is 1. The molecule has 1 aliphatic carbocycles. The van der Waals surface area contributed by atoms with Crippen LogP contribution in [0.2, 0.25) is 0 Å². The van der Waals surface area contributed by atoms with E-state index in [9.17, 15) is 18.8 Å². The fourth-order valence-electron chi connectivity index (χ4n) is 3.27. The van der Waals surface area contributed by atoms with E-state index in [1.54, 1.807) is 17.0 Å². The molecule has 0 bridgehead atoms. The van der Waals surface area contributed by atoms with Crippen LogP contribution in [0, 0.1) is 23.6 Å². The fourth-order valence-corrected chi connectivity index (χ4v) is 3.27. The number of piperidine rings is 1. The van der Waals surface area contributed by atoms with Gasteiger partial charge in [-0.15, -0.1) is 0 Å². The molecule has 2 fully saturated rings. The summed E-state index contributed by atoms with van der Waals surface area (Å²) in [5.41, 5.74) is 0.829. The van der Waals surface area contributed by atoms with Crippen LogP contribution in [0.1, 0.15) is 24.8 Å². The predicted molar refractivity (Wildman–Crippen MR) is 86.8 cm³/mol. The summed E-state index contributed by atoms with van der Waals surface area (Å²) in [6.07, 6.45) is 1.57. The van der Waals surface area contributed by atoms with Gasteiger partial charge in [-0.1, -0.05) is 12.1 Å². The molecule has 1 heterocycles. The Bertz CT molecular complexity index is 668. The first-order valence-corrected chi connectivity index (χ1v) is 8.49. The largest absolute Gasteiger partial charge is 0.481 e. The number of nitrogens with zero attached hydrogens (tertiary/aromatic N) is 1. The van der Waals surface area contributed by atoms with Crippen molar-refractivity contribution in [2.45, 2.75) is 25.8 Å². The molecule has 134 valence electrons. The molecule has 7 heteroatoms. The molecule has 0 radical (unpaired) electrons. The van der Waals surface area contributed by atoms with Crippen molar-refractivity contribution in [1.82, 2.24) is 10.2 Å². The summed E-state index contributed by atoms with van der Waals surface area (Å²) < 4.78 is 12.9. The summed E-state index contributed by atoms with van der Waals surface area (Å²) in [7, 11) is 0. The van der Waals surface area contributed by atoms with Crippen LogP contribution in [0.25, 0.3) is 0 Å². The number of carboxylic acid groups (broad SMARTS) is 1. The number of carbonyl (C=O) groups is 3. The van der Waals surface area contributed by atoms with Gasteiger partial charge in [-0.25, -0.2) is 4.39 Å². The monoisotopic (exact) mass is 348 g/mol. The lowest BCUT2D eigenvalue weighted by Crippen LogP contribution is -2.43. The number of hydrogen-bond donors (Lipinski definition) is 2. The van der Waals surface area contributed by atoms with Crippen LogP contribution in [0.15, 0.2) is 24.3 Å². The van der Waals surface area contributed by atoms with Gasteiger partial charge in [0.15, 0.2) is 0 Å². The molecule has 1 aromatic carbocycles. The molecule has 2 atom stereocenters. The van der Waals surface area contributed by atoms with Gasteiger partial charge in [0.25, 0.3) is 0 Å².